The van der Waals surface area contributed by atoms with Gasteiger partial charge in [-0.1, -0.05) is 29.8 Å². The molecule has 5 nitrogen and oxygen atoms in total. The Morgan fingerprint density at radius 2 is 1.88 bits per heavy atom. The van der Waals surface area contributed by atoms with Gasteiger partial charge in [0.1, 0.15) is 6.61 Å². The van der Waals surface area contributed by atoms with E-state index in [1.807, 2.05) is 43.3 Å². The Hall–Kier alpha value is -2.14. The van der Waals surface area contributed by atoms with Gasteiger partial charge < -0.3 is 14.8 Å². The van der Waals surface area contributed by atoms with E-state index in [4.69, 9.17) is 9.47 Å². The first kappa shape index (κ1) is 17.7. The molecule has 1 saturated heterocycles. The highest BCUT2D eigenvalue weighted by atomic mass is 16.6. The molecule has 134 valence electrons. The number of esters is 1. The third-order valence-electron chi connectivity index (χ3n) is 4.83. The van der Waals surface area contributed by atoms with Crippen LogP contribution in [0.1, 0.15) is 31.2 Å². The molecule has 0 radical (unpaired) electrons. The first-order valence-electron chi connectivity index (χ1n) is 8.94. The van der Waals surface area contributed by atoms with Crippen molar-refractivity contribution in [3.63, 3.8) is 0 Å². The number of amides is 1. The first-order chi connectivity index (χ1) is 12.1. The average molecular weight is 343 g/mol. The summed E-state index contributed by atoms with van der Waals surface area (Å²) in [6, 6.07) is 7.64. The van der Waals surface area contributed by atoms with Gasteiger partial charge in [0.25, 0.3) is 0 Å². The molecule has 3 unspecified atom stereocenters. The zero-order valence-corrected chi connectivity index (χ0v) is 14.6. The van der Waals surface area contributed by atoms with Crippen LogP contribution in [0.3, 0.4) is 0 Å². The molecule has 5 heteroatoms. The van der Waals surface area contributed by atoms with Crippen molar-refractivity contribution < 1.29 is 19.1 Å². The molecule has 1 fully saturated rings. The SMILES string of the molecule is Cc1ccc(NC(=O)C2CC=CCC2C(=O)OCC2CCCO2)cc1. The lowest BCUT2D eigenvalue weighted by atomic mass is 9.82. The molecule has 0 bridgehead atoms. The lowest BCUT2D eigenvalue weighted by Crippen LogP contribution is -2.36. The van der Waals surface area contributed by atoms with Crippen LogP contribution in [0.25, 0.3) is 0 Å². The number of benzene rings is 1. The Morgan fingerprint density at radius 3 is 2.56 bits per heavy atom. The summed E-state index contributed by atoms with van der Waals surface area (Å²) >= 11 is 0. The number of hydrogen-bond donors (Lipinski definition) is 1. The van der Waals surface area contributed by atoms with Crippen molar-refractivity contribution in [1.82, 2.24) is 0 Å². The van der Waals surface area contributed by atoms with Crippen LogP contribution in [-0.2, 0) is 19.1 Å². The molecule has 0 spiro atoms. The number of ether oxygens (including phenoxy) is 2. The first-order valence-corrected chi connectivity index (χ1v) is 8.94. The molecule has 0 aromatic heterocycles. The van der Waals surface area contributed by atoms with Gasteiger partial charge in [-0.3, -0.25) is 9.59 Å². The lowest BCUT2D eigenvalue weighted by Gasteiger charge is -2.26. The normalized spacial score (nSPS) is 25.6. The van der Waals surface area contributed by atoms with Crippen LogP contribution < -0.4 is 5.32 Å². The highest BCUT2D eigenvalue weighted by molar-refractivity contribution is 5.95. The number of carbonyl (C=O) groups is 2. The summed E-state index contributed by atoms with van der Waals surface area (Å²) < 4.78 is 10.9. The Bertz CT molecular complexity index is 632. The number of nitrogens with one attached hydrogen (secondary N) is 1. The number of rotatable bonds is 5. The number of aryl methyl sites for hydroxylation is 1. The number of anilines is 1. The molecule has 1 amide bonds. The molecule has 2 aliphatic rings. The van der Waals surface area contributed by atoms with Crippen molar-refractivity contribution in [2.24, 2.45) is 11.8 Å². The van der Waals surface area contributed by atoms with Gasteiger partial charge in [0.15, 0.2) is 0 Å². The van der Waals surface area contributed by atoms with Gasteiger partial charge in [-0.05, 0) is 44.7 Å². The zero-order valence-electron chi connectivity index (χ0n) is 14.6. The molecule has 3 rings (SSSR count). The van der Waals surface area contributed by atoms with Gasteiger partial charge in [-0.25, -0.2) is 0 Å². The third kappa shape index (κ3) is 4.69. The quantitative estimate of drug-likeness (QED) is 0.658. The Kier molecular flexibility index (Phi) is 5.87. The average Bonchev–Trinajstić information content (AvgIpc) is 3.15. The van der Waals surface area contributed by atoms with Gasteiger partial charge in [0.2, 0.25) is 5.91 Å². The predicted molar refractivity (Wildman–Crippen MR) is 95.1 cm³/mol. The van der Waals surface area contributed by atoms with E-state index in [9.17, 15) is 9.59 Å². The summed E-state index contributed by atoms with van der Waals surface area (Å²) in [5.41, 5.74) is 1.88. The number of carbonyl (C=O) groups excluding carboxylic acids is 2. The molecule has 1 aromatic carbocycles. The van der Waals surface area contributed by atoms with Crippen molar-refractivity contribution in [2.75, 3.05) is 18.5 Å². The van der Waals surface area contributed by atoms with Crippen molar-refractivity contribution in [2.45, 2.75) is 38.7 Å². The summed E-state index contributed by atoms with van der Waals surface area (Å²) in [6.07, 6.45) is 6.94. The van der Waals surface area contributed by atoms with E-state index in [1.54, 1.807) is 0 Å². The fourth-order valence-electron chi connectivity index (χ4n) is 3.29. The van der Waals surface area contributed by atoms with E-state index in [1.165, 1.54) is 0 Å². The highest BCUT2D eigenvalue weighted by Gasteiger charge is 2.35. The predicted octanol–water partition coefficient (Wildman–Crippen LogP) is 3.24. The van der Waals surface area contributed by atoms with Crippen molar-refractivity contribution in [3.8, 4) is 0 Å². The van der Waals surface area contributed by atoms with E-state index < -0.39 is 11.8 Å². The second kappa shape index (κ2) is 8.30. The molecule has 25 heavy (non-hydrogen) atoms. The second-order valence-electron chi connectivity index (χ2n) is 6.78. The summed E-state index contributed by atoms with van der Waals surface area (Å²) in [7, 11) is 0. The molecule has 1 aliphatic heterocycles. The lowest BCUT2D eigenvalue weighted by molar-refractivity contribution is -0.155. The summed E-state index contributed by atoms with van der Waals surface area (Å²) in [4.78, 5) is 25.1. The van der Waals surface area contributed by atoms with Gasteiger partial charge in [-0.2, -0.15) is 0 Å². The van der Waals surface area contributed by atoms with Crippen LogP contribution in [0.15, 0.2) is 36.4 Å². The Morgan fingerprint density at radius 1 is 1.16 bits per heavy atom. The summed E-state index contributed by atoms with van der Waals surface area (Å²) in [5.74, 6) is -1.27. The summed E-state index contributed by atoms with van der Waals surface area (Å²) in [5, 5.41) is 2.92. The van der Waals surface area contributed by atoms with Crippen LogP contribution >= 0.6 is 0 Å². The van der Waals surface area contributed by atoms with Crippen LogP contribution in [0, 0.1) is 18.8 Å². The fraction of sp³-hybridized carbons (Fsp3) is 0.500. The standard InChI is InChI=1S/C20H25NO4/c1-14-8-10-15(11-9-14)21-19(22)17-6-2-3-7-18(17)20(23)25-13-16-5-4-12-24-16/h2-3,8-11,16-18H,4-7,12-13H2,1H3,(H,21,22). The number of hydrogen-bond acceptors (Lipinski definition) is 4. The highest BCUT2D eigenvalue weighted by Crippen LogP contribution is 2.28. The Balaban J connectivity index is 1.59. The second-order valence-corrected chi connectivity index (χ2v) is 6.78. The van der Waals surface area contributed by atoms with Crippen molar-refractivity contribution in [3.05, 3.63) is 42.0 Å². The van der Waals surface area contributed by atoms with Crippen molar-refractivity contribution in [1.29, 1.82) is 0 Å². The fourth-order valence-corrected chi connectivity index (χ4v) is 3.29. The van der Waals surface area contributed by atoms with Gasteiger partial charge in [0.05, 0.1) is 17.9 Å². The van der Waals surface area contributed by atoms with Crippen molar-refractivity contribution >= 4 is 17.6 Å². The van der Waals surface area contributed by atoms with Gasteiger partial charge >= 0.3 is 5.97 Å². The molecule has 1 aromatic rings. The van der Waals surface area contributed by atoms with E-state index in [0.29, 0.717) is 12.8 Å². The number of allylic oxidation sites excluding steroid dienone is 2. The third-order valence-corrected chi connectivity index (χ3v) is 4.83. The minimum Gasteiger partial charge on any atom is -0.463 e. The van der Waals surface area contributed by atoms with Crippen LogP contribution in [0.5, 0.6) is 0 Å². The maximum absolute atomic E-state index is 12.7. The van der Waals surface area contributed by atoms with E-state index in [2.05, 4.69) is 5.32 Å². The molecule has 3 atom stereocenters. The molecular formula is C20H25NO4. The van der Waals surface area contributed by atoms with Crippen LogP contribution in [0.4, 0.5) is 5.69 Å². The topological polar surface area (TPSA) is 64.6 Å². The zero-order chi connectivity index (χ0) is 17.6. The molecule has 1 aliphatic carbocycles. The van der Waals surface area contributed by atoms with Gasteiger partial charge in [0, 0.05) is 12.3 Å². The monoisotopic (exact) mass is 343 g/mol. The smallest absolute Gasteiger partial charge is 0.310 e. The molecule has 0 saturated carbocycles. The maximum Gasteiger partial charge on any atom is 0.310 e. The minimum atomic E-state index is -0.433. The van der Waals surface area contributed by atoms with E-state index in [-0.39, 0.29) is 24.6 Å². The summed E-state index contributed by atoms with van der Waals surface area (Å²) in [6.45, 7) is 3.01. The molecule has 1 N–H and O–H groups in total. The van der Waals surface area contributed by atoms with E-state index >= 15 is 0 Å². The van der Waals surface area contributed by atoms with Crippen LogP contribution in [0.2, 0.25) is 0 Å². The molecular weight excluding hydrogens is 318 g/mol. The minimum absolute atomic E-state index is 0.00270. The maximum atomic E-state index is 12.7. The van der Waals surface area contributed by atoms with Gasteiger partial charge in [-0.15, -0.1) is 0 Å². The largest absolute Gasteiger partial charge is 0.463 e. The Labute approximate surface area is 148 Å². The molecule has 1 heterocycles. The van der Waals surface area contributed by atoms with E-state index in [0.717, 1.165) is 30.7 Å². The van der Waals surface area contributed by atoms with Crippen LogP contribution in [-0.4, -0.2) is 31.2 Å².